The third-order valence-electron chi connectivity index (χ3n) is 4.02. The Balaban J connectivity index is 1.99. The second kappa shape index (κ2) is 7.70. The van der Waals surface area contributed by atoms with Gasteiger partial charge in [0.2, 0.25) is 15.9 Å². The van der Waals surface area contributed by atoms with Gasteiger partial charge in [-0.1, -0.05) is 30.7 Å². The van der Waals surface area contributed by atoms with Gasteiger partial charge in [0.05, 0.1) is 11.7 Å². The second-order valence-electron chi connectivity index (χ2n) is 6.44. The van der Waals surface area contributed by atoms with E-state index >= 15 is 0 Å². The van der Waals surface area contributed by atoms with E-state index in [1.807, 2.05) is 51.1 Å². The summed E-state index contributed by atoms with van der Waals surface area (Å²) in [5.41, 5.74) is 4.41. The molecule has 25 heavy (non-hydrogen) atoms. The Hall–Kier alpha value is -2.34. The zero-order valence-corrected chi connectivity index (χ0v) is 15.8. The van der Waals surface area contributed by atoms with E-state index in [4.69, 9.17) is 0 Å². The summed E-state index contributed by atoms with van der Waals surface area (Å²) in [7, 11) is -3.61. The molecule has 0 radical (unpaired) electrons. The fraction of sp³-hybridized carbons (Fsp3) is 0.316. The molecule has 134 valence electrons. The lowest BCUT2D eigenvalue weighted by atomic mass is 10.1. The lowest BCUT2D eigenvalue weighted by Gasteiger charge is -2.14. The van der Waals surface area contributed by atoms with E-state index in [0.717, 1.165) is 16.7 Å². The van der Waals surface area contributed by atoms with Gasteiger partial charge in [-0.05, 0) is 56.2 Å². The van der Waals surface area contributed by atoms with Crippen LogP contribution < -0.4 is 10.0 Å². The number of sulfonamides is 1. The fourth-order valence-corrected chi connectivity index (χ4v) is 3.72. The summed E-state index contributed by atoms with van der Waals surface area (Å²) in [6.07, 6.45) is 0. The van der Waals surface area contributed by atoms with Gasteiger partial charge in [0.1, 0.15) is 0 Å². The highest BCUT2D eigenvalue weighted by atomic mass is 32.2. The van der Waals surface area contributed by atoms with Gasteiger partial charge >= 0.3 is 0 Å². The summed E-state index contributed by atoms with van der Waals surface area (Å²) in [6.45, 7) is 7.49. The van der Waals surface area contributed by atoms with E-state index in [-0.39, 0.29) is 11.7 Å². The first kappa shape index (κ1) is 19.0. The zero-order valence-electron chi connectivity index (χ0n) is 15.0. The van der Waals surface area contributed by atoms with E-state index in [0.29, 0.717) is 11.4 Å². The minimum absolute atomic E-state index is 0.280. The van der Waals surface area contributed by atoms with Crippen molar-refractivity contribution in [3.05, 3.63) is 59.2 Å². The molecular weight excluding hydrogens is 336 g/mol. The van der Waals surface area contributed by atoms with Gasteiger partial charge in [-0.15, -0.1) is 0 Å². The molecule has 0 aliphatic rings. The summed E-state index contributed by atoms with van der Waals surface area (Å²) < 4.78 is 27.0. The van der Waals surface area contributed by atoms with Crippen molar-refractivity contribution in [3.8, 4) is 0 Å². The Labute approximate surface area is 149 Å². The van der Waals surface area contributed by atoms with Crippen LogP contribution in [0, 0.1) is 26.7 Å². The van der Waals surface area contributed by atoms with Crippen LogP contribution in [-0.2, 0) is 14.8 Å². The van der Waals surface area contributed by atoms with Crippen LogP contribution in [0.2, 0.25) is 0 Å². The van der Waals surface area contributed by atoms with Gasteiger partial charge in [-0.3, -0.25) is 9.52 Å². The maximum Gasteiger partial charge on any atom is 0.233 e. The lowest BCUT2D eigenvalue weighted by Crippen LogP contribution is -2.29. The van der Waals surface area contributed by atoms with Gasteiger partial charge in [-0.2, -0.15) is 0 Å². The van der Waals surface area contributed by atoms with Gasteiger partial charge in [-0.25, -0.2) is 8.42 Å². The highest BCUT2D eigenvalue weighted by molar-refractivity contribution is 7.92. The minimum atomic E-state index is -3.61. The van der Waals surface area contributed by atoms with Crippen LogP contribution in [0.25, 0.3) is 0 Å². The number of nitrogens with one attached hydrogen (secondary N) is 2. The molecule has 1 atom stereocenters. The van der Waals surface area contributed by atoms with E-state index in [1.54, 1.807) is 19.1 Å². The first-order valence-electron chi connectivity index (χ1n) is 8.11. The summed E-state index contributed by atoms with van der Waals surface area (Å²) in [6, 6.07) is 12.7. The molecule has 6 heteroatoms. The van der Waals surface area contributed by atoms with Gasteiger partial charge < -0.3 is 5.32 Å². The largest absolute Gasteiger partial charge is 0.326 e. The molecule has 5 nitrogen and oxygen atoms in total. The molecule has 2 N–H and O–H groups in total. The average molecular weight is 360 g/mol. The van der Waals surface area contributed by atoms with Crippen molar-refractivity contribution < 1.29 is 13.2 Å². The highest BCUT2D eigenvalue weighted by Gasteiger charge is 2.22. The summed E-state index contributed by atoms with van der Waals surface area (Å²) >= 11 is 0. The summed E-state index contributed by atoms with van der Waals surface area (Å²) in [5.74, 6) is -1.28. The molecule has 1 amide bonds. The van der Waals surface area contributed by atoms with Gasteiger partial charge in [0, 0.05) is 11.4 Å². The Bertz CT molecular complexity index is 859. The van der Waals surface area contributed by atoms with Crippen molar-refractivity contribution in [1.82, 2.24) is 0 Å². The second-order valence-corrected chi connectivity index (χ2v) is 8.21. The monoisotopic (exact) mass is 360 g/mol. The van der Waals surface area contributed by atoms with Crippen LogP contribution in [0.15, 0.2) is 42.5 Å². The molecule has 1 unspecified atom stereocenters. The molecule has 0 spiro atoms. The van der Waals surface area contributed by atoms with Crippen LogP contribution in [0.4, 0.5) is 11.4 Å². The number of rotatable bonds is 6. The highest BCUT2D eigenvalue weighted by Crippen LogP contribution is 2.16. The zero-order chi connectivity index (χ0) is 18.6. The number of carbonyl (C=O) groups excluding carboxylic acids is 1. The average Bonchev–Trinajstić information content (AvgIpc) is 2.52. The van der Waals surface area contributed by atoms with Crippen molar-refractivity contribution in [2.24, 2.45) is 5.92 Å². The Morgan fingerprint density at radius 2 is 1.56 bits per heavy atom. The summed E-state index contributed by atoms with van der Waals surface area (Å²) in [4.78, 5) is 12.3. The molecule has 2 rings (SSSR count). The van der Waals surface area contributed by atoms with Crippen LogP contribution in [0.5, 0.6) is 0 Å². The SMILES string of the molecule is Cc1ccc(NS(=O)(=O)CC(C)C(=O)Nc2ccc(C)c(C)c2)cc1. The van der Waals surface area contributed by atoms with Crippen LogP contribution >= 0.6 is 0 Å². The number of hydrogen-bond acceptors (Lipinski definition) is 3. The Kier molecular flexibility index (Phi) is 5.85. The molecule has 2 aromatic carbocycles. The van der Waals surface area contributed by atoms with Gasteiger partial charge in [0.25, 0.3) is 0 Å². The normalized spacial score (nSPS) is 12.5. The molecule has 0 fully saturated rings. The first-order chi connectivity index (χ1) is 11.7. The van der Waals surface area contributed by atoms with Crippen molar-refractivity contribution in [3.63, 3.8) is 0 Å². The van der Waals surface area contributed by atoms with E-state index in [1.165, 1.54) is 0 Å². The first-order valence-corrected chi connectivity index (χ1v) is 9.77. The molecule has 2 aromatic rings. The molecule has 0 heterocycles. The molecule has 0 saturated carbocycles. The standard InChI is InChI=1S/C19H24N2O3S/c1-13-5-8-17(9-6-13)21-25(23,24)12-16(4)19(22)20-18-10-7-14(2)15(3)11-18/h5-11,16,21H,12H2,1-4H3,(H,20,22). The predicted molar refractivity (Wildman–Crippen MR) is 102 cm³/mol. The molecule has 0 saturated heterocycles. The number of anilines is 2. The number of benzene rings is 2. The smallest absolute Gasteiger partial charge is 0.233 e. The van der Waals surface area contributed by atoms with Crippen molar-refractivity contribution >= 4 is 27.3 Å². The van der Waals surface area contributed by atoms with Gasteiger partial charge in [0.15, 0.2) is 0 Å². The lowest BCUT2D eigenvalue weighted by molar-refractivity contribution is -0.118. The predicted octanol–water partition coefficient (Wildman–Crippen LogP) is 3.63. The molecule has 0 aromatic heterocycles. The van der Waals surface area contributed by atoms with E-state index in [2.05, 4.69) is 10.0 Å². The topological polar surface area (TPSA) is 75.3 Å². The van der Waals surface area contributed by atoms with Crippen LogP contribution in [-0.4, -0.2) is 20.1 Å². The number of aryl methyl sites for hydroxylation is 3. The summed E-state index contributed by atoms with van der Waals surface area (Å²) in [5, 5.41) is 2.77. The molecule has 0 aliphatic heterocycles. The van der Waals surface area contributed by atoms with E-state index in [9.17, 15) is 13.2 Å². The third kappa shape index (κ3) is 5.60. The quantitative estimate of drug-likeness (QED) is 0.826. The molecular formula is C19H24N2O3S. The Morgan fingerprint density at radius 3 is 2.16 bits per heavy atom. The molecule has 0 aliphatic carbocycles. The fourth-order valence-electron chi connectivity index (χ4n) is 2.33. The van der Waals surface area contributed by atoms with Crippen molar-refractivity contribution in [2.75, 3.05) is 15.8 Å². The van der Waals surface area contributed by atoms with Crippen molar-refractivity contribution in [1.29, 1.82) is 0 Å². The number of hydrogen-bond donors (Lipinski definition) is 2. The maximum atomic E-state index is 12.3. The van der Waals surface area contributed by atoms with Crippen LogP contribution in [0.1, 0.15) is 23.6 Å². The third-order valence-corrected chi connectivity index (χ3v) is 5.50. The van der Waals surface area contributed by atoms with Crippen molar-refractivity contribution in [2.45, 2.75) is 27.7 Å². The van der Waals surface area contributed by atoms with Crippen LogP contribution in [0.3, 0.4) is 0 Å². The minimum Gasteiger partial charge on any atom is -0.326 e. The number of amides is 1. The number of carbonyl (C=O) groups is 1. The maximum absolute atomic E-state index is 12.3. The van der Waals surface area contributed by atoms with E-state index < -0.39 is 15.9 Å². The Morgan fingerprint density at radius 1 is 0.960 bits per heavy atom. The molecule has 0 bridgehead atoms.